The normalized spacial score (nSPS) is 11.3. The summed E-state index contributed by atoms with van der Waals surface area (Å²) in [5.74, 6) is -0.318. The molecule has 0 amide bonds. The molecular formula is C15H9FN2O2S. The minimum atomic E-state index is -0.433. The summed E-state index contributed by atoms with van der Waals surface area (Å²) < 4.78 is 14.0. The zero-order valence-electron chi connectivity index (χ0n) is 10.7. The monoisotopic (exact) mass is 300 g/mol. The van der Waals surface area contributed by atoms with Gasteiger partial charge in [0.15, 0.2) is 0 Å². The molecule has 3 rings (SSSR count). The Morgan fingerprint density at radius 3 is 2.86 bits per heavy atom. The summed E-state index contributed by atoms with van der Waals surface area (Å²) in [4.78, 5) is 14.6. The van der Waals surface area contributed by atoms with Crippen LogP contribution in [0.15, 0.2) is 42.5 Å². The maximum absolute atomic E-state index is 13.1. The maximum Gasteiger partial charge on any atom is 0.270 e. The summed E-state index contributed by atoms with van der Waals surface area (Å²) in [7, 11) is 0. The van der Waals surface area contributed by atoms with Gasteiger partial charge < -0.3 is 0 Å². The second-order valence-corrected chi connectivity index (χ2v) is 5.41. The van der Waals surface area contributed by atoms with Gasteiger partial charge in [-0.25, -0.2) is 9.37 Å². The van der Waals surface area contributed by atoms with Crippen molar-refractivity contribution in [3.63, 3.8) is 0 Å². The number of nitrogens with zero attached hydrogens (tertiary/aromatic N) is 2. The van der Waals surface area contributed by atoms with Crippen LogP contribution in [0.2, 0.25) is 0 Å². The third kappa shape index (κ3) is 2.95. The molecule has 2 aromatic carbocycles. The van der Waals surface area contributed by atoms with E-state index < -0.39 is 4.92 Å². The van der Waals surface area contributed by atoms with Crippen molar-refractivity contribution in [2.45, 2.75) is 0 Å². The van der Waals surface area contributed by atoms with Crippen LogP contribution in [0.3, 0.4) is 0 Å². The van der Waals surface area contributed by atoms with Crippen LogP contribution in [0.1, 0.15) is 10.6 Å². The topological polar surface area (TPSA) is 56.0 Å². The summed E-state index contributed by atoms with van der Waals surface area (Å²) in [5, 5.41) is 11.4. The zero-order chi connectivity index (χ0) is 14.8. The predicted molar refractivity (Wildman–Crippen MR) is 81.6 cm³/mol. The average molecular weight is 300 g/mol. The number of fused-ring (bicyclic) bond motifs is 1. The highest BCUT2D eigenvalue weighted by atomic mass is 32.1. The predicted octanol–water partition coefficient (Wildman–Crippen LogP) is 4.51. The summed E-state index contributed by atoms with van der Waals surface area (Å²) >= 11 is 1.44. The Morgan fingerprint density at radius 1 is 1.19 bits per heavy atom. The smallest absolute Gasteiger partial charge is 0.258 e. The van der Waals surface area contributed by atoms with E-state index in [0.717, 1.165) is 15.3 Å². The molecule has 0 saturated heterocycles. The van der Waals surface area contributed by atoms with E-state index in [4.69, 9.17) is 0 Å². The molecule has 0 saturated carbocycles. The fourth-order valence-corrected chi connectivity index (χ4v) is 2.75. The second kappa shape index (κ2) is 5.41. The van der Waals surface area contributed by atoms with E-state index in [0.29, 0.717) is 5.52 Å². The molecule has 104 valence electrons. The lowest BCUT2D eigenvalue weighted by Crippen LogP contribution is -1.87. The quantitative estimate of drug-likeness (QED) is 0.528. The average Bonchev–Trinajstić information content (AvgIpc) is 2.87. The van der Waals surface area contributed by atoms with Crippen molar-refractivity contribution in [3.8, 4) is 0 Å². The number of hydrogen-bond donors (Lipinski definition) is 0. The molecule has 4 nitrogen and oxygen atoms in total. The Balaban J connectivity index is 1.90. The van der Waals surface area contributed by atoms with Gasteiger partial charge in [-0.2, -0.15) is 0 Å². The van der Waals surface area contributed by atoms with Crippen LogP contribution < -0.4 is 0 Å². The van der Waals surface area contributed by atoms with Crippen molar-refractivity contribution >= 4 is 39.4 Å². The lowest BCUT2D eigenvalue weighted by molar-refractivity contribution is -0.384. The molecule has 21 heavy (non-hydrogen) atoms. The molecule has 6 heteroatoms. The molecule has 1 heterocycles. The number of halogens is 1. The van der Waals surface area contributed by atoms with Gasteiger partial charge in [-0.05, 0) is 23.8 Å². The largest absolute Gasteiger partial charge is 0.270 e. The van der Waals surface area contributed by atoms with Gasteiger partial charge in [0.05, 0.1) is 15.1 Å². The molecule has 1 aromatic heterocycles. The molecule has 0 bridgehead atoms. The van der Waals surface area contributed by atoms with Crippen LogP contribution in [0.5, 0.6) is 0 Å². The molecule has 0 N–H and O–H groups in total. The number of thiazole rings is 1. The summed E-state index contributed by atoms with van der Waals surface area (Å²) in [6.07, 6.45) is 3.52. The molecule has 0 radical (unpaired) electrons. The molecule has 3 aromatic rings. The first kappa shape index (κ1) is 13.4. The third-order valence-corrected chi connectivity index (χ3v) is 3.87. The Kier molecular flexibility index (Phi) is 3.45. The van der Waals surface area contributed by atoms with E-state index in [2.05, 4.69) is 4.98 Å². The Bertz CT molecular complexity index is 858. The van der Waals surface area contributed by atoms with Crippen molar-refractivity contribution < 1.29 is 9.31 Å². The highest BCUT2D eigenvalue weighted by molar-refractivity contribution is 7.19. The first-order valence-corrected chi connectivity index (χ1v) is 6.92. The van der Waals surface area contributed by atoms with Gasteiger partial charge in [0.2, 0.25) is 0 Å². The number of nitro groups is 1. The van der Waals surface area contributed by atoms with Crippen LogP contribution in [-0.4, -0.2) is 9.91 Å². The van der Waals surface area contributed by atoms with Gasteiger partial charge in [-0.1, -0.05) is 18.2 Å². The number of hydrogen-bond acceptors (Lipinski definition) is 4. The van der Waals surface area contributed by atoms with Gasteiger partial charge in [-0.15, -0.1) is 11.3 Å². The number of nitro benzene ring substituents is 1. The third-order valence-electron chi connectivity index (χ3n) is 2.87. The maximum atomic E-state index is 13.1. The van der Waals surface area contributed by atoms with E-state index in [1.165, 1.54) is 35.6 Å². The molecule has 0 aliphatic rings. The van der Waals surface area contributed by atoms with E-state index in [9.17, 15) is 14.5 Å². The van der Waals surface area contributed by atoms with Crippen LogP contribution in [0, 0.1) is 15.9 Å². The highest BCUT2D eigenvalue weighted by Crippen LogP contribution is 2.24. The first-order valence-electron chi connectivity index (χ1n) is 6.10. The van der Waals surface area contributed by atoms with Crippen LogP contribution in [-0.2, 0) is 0 Å². The molecular weight excluding hydrogens is 291 g/mol. The fourth-order valence-electron chi connectivity index (χ4n) is 1.90. The summed E-state index contributed by atoms with van der Waals surface area (Å²) in [6.45, 7) is 0. The fraction of sp³-hybridized carbons (Fsp3) is 0. The van der Waals surface area contributed by atoms with Gasteiger partial charge in [-0.3, -0.25) is 10.1 Å². The molecule has 0 unspecified atom stereocenters. The Labute approximate surface area is 123 Å². The molecule has 0 fully saturated rings. The van der Waals surface area contributed by atoms with Gasteiger partial charge in [0, 0.05) is 18.2 Å². The van der Waals surface area contributed by atoms with Crippen LogP contribution in [0.4, 0.5) is 10.1 Å². The Morgan fingerprint density at radius 2 is 2.05 bits per heavy atom. The highest BCUT2D eigenvalue weighted by Gasteiger charge is 2.05. The van der Waals surface area contributed by atoms with E-state index in [1.54, 1.807) is 30.4 Å². The molecule has 0 spiro atoms. The number of aromatic nitrogens is 1. The van der Waals surface area contributed by atoms with E-state index in [-0.39, 0.29) is 11.5 Å². The van der Waals surface area contributed by atoms with Crippen molar-refractivity contribution in [1.29, 1.82) is 0 Å². The number of benzene rings is 2. The van der Waals surface area contributed by atoms with Gasteiger partial charge in [0.25, 0.3) is 5.69 Å². The van der Waals surface area contributed by atoms with Crippen LogP contribution >= 0.6 is 11.3 Å². The number of rotatable bonds is 3. The zero-order valence-corrected chi connectivity index (χ0v) is 11.5. The van der Waals surface area contributed by atoms with Gasteiger partial charge >= 0.3 is 0 Å². The lowest BCUT2D eigenvalue weighted by atomic mass is 10.2. The Hall–Kier alpha value is -2.60. The first-order chi connectivity index (χ1) is 10.1. The second-order valence-electron chi connectivity index (χ2n) is 4.35. The minimum Gasteiger partial charge on any atom is -0.258 e. The van der Waals surface area contributed by atoms with Crippen molar-refractivity contribution in [2.75, 3.05) is 0 Å². The van der Waals surface area contributed by atoms with Crippen molar-refractivity contribution in [3.05, 3.63) is 69.0 Å². The lowest BCUT2D eigenvalue weighted by Gasteiger charge is -1.93. The van der Waals surface area contributed by atoms with Crippen LogP contribution in [0.25, 0.3) is 22.4 Å². The SMILES string of the molecule is O=[N+]([O-])c1cccc(C=Cc2nc3cc(F)ccc3s2)c1. The van der Waals surface area contributed by atoms with E-state index in [1.807, 2.05) is 0 Å². The molecule has 0 aliphatic heterocycles. The standard InChI is InChI=1S/C15H9FN2O2S/c16-11-5-6-14-13(9-11)17-15(21-14)7-4-10-2-1-3-12(8-10)18(19)20/h1-9H. The van der Waals surface area contributed by atoms with Gasteiger partial charge in [0.1, 0.15) is 10.8 Å². The number of non-ortho nitro benzene ring substituents is 1. The summed E-state index contributed by atoms with van der Waals surface area (Å²) in [6, 6.07) is 10.8. The summed E-state index contributed by atoms with van der Waals surface area (Å²) in [5.41, 5.74) is 1.37. The minimum absolute atomic E-state index is 0.0449. The van der Waals surface area contributed by atoms with Crippen molar-refractivity contribution in [2.24, 2.45) is 0 Å². The van der Waals surface area contributed by atoms with Crippen molar-refractivity contribution in [1.82, 2.24) is 4.98 Å². The molecule has 0 aliphatic carbocycles. The van der Waals surface area contributed by atoms with E-state index >= 15 is 0 Å². The molecule has 0 atom stereocenters.